The first kappa shape index (κ1) is 20.2. The van der Waals surface area contributed by atoms with Gasteiger partial charge < -0.3 is 0 Å². The monoisotopic (exact) mass is 389 g/mol. The van der Waals surface area contributed by atoms with Crippen LogP contribution in [0.25, 0.3) is 10.9 Å². The van der Waals surface area contributed by atoms with E-state index in [2.05, 4.69) is 10.8 Å². The van der Waals surface area contributed by atoms with Gasteiger partial charge in [0.15, 0.2) is 0 Å². The lowest BCUT2D eigenvalue weighted by Gasteiger charge is -2.23. The van der Waals surface area contributed by atoms with Crippen molar-refractivity contribution in [2.45, 2.75) is 77.0 Å². The van der Waals surface area contributed by atoms with E-state index in [1.54, 1.807) is 4.57 Å². The third-order valence-corrected chi connectivity index (χ3v) is 7.10. The van der Waals surface area contributed by atoms with E-state index < -0.39 is 11.0 Å². The molecule has 1 heterocycles. The van der Waals surface area contributed by atoms with Crippen LogP contribution >= 0.6 is 0 Å². The van der Waals surface area contributed by atoms with Crippen molar-refractivity contribution in [2.24, 2.45) is 7.05 Å². The molecule has 1 aliphatic rings. The second-order valence-electron chi connectivity index (χ2n) is 8.79. The molecular formula is C21H31N3O2S. The topological polar surface area (TPSA) is 64.0 Å². The van der Waals surface area contributed by atoms with Crippen LogP contribution in [-0.2, 0) is 18.0 Å². The quantitative estimate of drug-likeness (QED) is 0.859. The molecule has 1 aliphatic carbocycles. The van der Waals surface area contributed by atoms with Gasteiger partial charge >= 0.3 is 0 Å². The highest BCUT2D eigenvalue weighted by atomic mass is 32.2. The molecule has 6 heteroatoms. The first-order valence-electron chi connectivity index (χ1n) is 9.79. The Kier molecular flexibility index (Phi) is 5.59. The summed E-state index contributed by atoms with van der Waals surface area (Å²) in [6.07, 6.45) is 4.58. The number of aromatic nitrogens is 2. The number of hydrogen-bond donors (Lipinski definition) is 1. The predicted octanol–water partition coefficient (Wildman–Crippen LogP) is 4.01. The molecule has 0 unspecified atom stereocenters. The number of nitrogens with zero attached hydrogens (tertiary/aromatic N) is 2. The molecular weight excluding hydrogens is 358 g/mol. The summed E-state index contributed by atoms with van der Waals surface area (Å²) in [6, 6.07) is 3.81. The molecule has 1 saturated carbocycles. The van der Waals surface area contributed by atoms with E-state index >= 15 is 0 Å². The molecule has 27 heavy (non-hydrogen) atoms. The molecule has 148 valence electrons. The molecule has 1 fully saturated rings. The summed E-state index contributed by atoms with van der Waals surface area (Å²) in [7, 11) is 0.638. The molecule has 2 aromatic rings. The average molecular weight is 390 g/mol. The number of benzene rings is 1. The molecule has 0 bridgehead atoms. The van der Waals surface area contributed by atoms with E-state index in [-0.39, 0.29) is 16.3 Å². The van der Waals surface area contributed by atoms with Gasteiger partial charge in [-0.3, -0.25) is 9.36 Å². The predicted molar refractivity (Wildman–Crippen MR) is 112 cm³/mol. The maximum Gasteiger partial charge on any atom is 0.261 e. The van der Waals surface area contributed by atoms with Gasteiger partial charge in [-0.1, -0.05) is 18.9 Å². The van der Waals surface area contributed by atoms with Gasteiger partial charge in [-0.15, -0.1) is 0 Å². The minimum Gasteiger partial charge on any atom is -0.299 e. The van der Waals surface area contributed by atoms with Crippen LogP contribution in [-0.4, -0.2) is 18.5 Å². The summed E-state index contributed by atoms with van der Waals surface area (Å²) < 4.78 is 17.2. The van der Waals surface area contributed by atoms with Crippen molar-refractivity contribution in [1.29, 1.82) is 0 Å². The van der Waals surface area contributed by atoms with Crippen molar-refractivity contribution in [3.63, 3.8) is 0 Å². The van der Waals surface area contributed by atoms with Crippen molar-refractivity contribution in [3.05, 3.63) is 39.4 Å². The molecule has 0 amide bonds. The van der Waals surface area contributed by atoms with Gasteiger partial charge in [-0.05, 0) is 64.7 Å². The zero-order valence-corrected chi connectivity index (χ0v) is 18.1. The van der Waals surface area contributed by atoms with E-state index in [9.17, 15) is 9.00 Å². The second kappa shape index (κ2) is 7.47. The SMILES string of the molecule is Cc1cc([C@@H](C)N[S@](=O)C(C)(C)C)c2nc(C3CCCC3)n(C)c(=O)c2c1. The van der Waals surface area contributed by atoms with E-state index in [0.29, 0.717) is 11.3 Å². The lowest BCUT2D eigenvalue weighted by molar-refractivity contribution is 0.607. The summed E-state index contributed by atoms with van der Waals surface area (Å²) in [5.41, 5.74) is 2.72. The number of aryl methyl sites for hydroxylation is 1. The zero-order valence-electron chi connectivity index (χ0n) is 17.3. The van der Waals surface area contributed by atoms with Crippen LogP contribution in [0.5, 0.6) is 0 Å². The Labute approximate surface area is 164 Å². The Balaban J connectivity index is 2.14. The van der Waals surface area contributed by atoms with Gasteiger partial charge in [-0.2, -0.15) is 0 Å². The number of nitrogens with one attached hydrogen (secondary N) is 1. The Morgan fingerprint density at radius 3 is 2.48 bits per heavy atom. The summed E-state index contributed by atoms with van der Waals surface area (Å²) >= 11 is 0. The Morgan fingerprint density at radius 1 is 1.26 bits per heavy atom. The fourth-order valence-electron chi connectivity index (χ4n) is 3.85. The highest BCUT2D eigenvalue weighted by molar-refractivity contribution is 7.84. The molecule has 0 saturated heterocycles. The fraction of sp³-hybridized carbons (Fsp3) is 0.619. The van der Waals surface area contributed by atoms with Crippen LogP contribution in [0.1, 0.15) is 82.3 Å². The fourth-order valence-corrected chi connectivity index (χ4v) is 4.65. The third kappa shape index (κ3) is 4.02. The minimum atomic E-state index is -1.20. The van der Waals surface area contributed by atoms with Gasteiger partial charge in [0.1, 0.15) is 5.82 Å². The first-order valence-corrected chi connectivity index (χ1v) is 10.9. The van der Waals surface area contributed by atoms with Crippen molar-refractivity contribution in [2.75, 3.05) is 0 Å². The molecule has 1 N–H and O–H groups in total. The second-order valence-corrected chi connectivity index (χ2v) is 10.8. The van der Waals surface area contributed by atoms with Crippen LogP contribution in [0.4, 0.5) is 0 Å². The summed E-state index contributed by atoms with van der Waals surface area (Å²) in [5.74, 6) is 1.24. The van der Waals surface area contributed by atoms with Crippen LogP contribution in [0.3, 0.4) is 0 Å². The highest BCUT2D eigenvalue weighted by Crippen LogP contribution is 2.34. The van der Waals surface area contributed by atoms with Crippen LogP contribution in [0.2, 0.25) is 0 Å². The van der Waals surface area contributed by atoms with Crippen molar-refractivity contribution < 1.29 is 4.21 Å². The summed E-state index contributed by atoms with van der Waals surface area (Å²) in [4.78, 5) is 18.0. The van der Waals surface area contributed by atoms with E-state index in [0.717, 1.165) is 35.3 Å². The number of rotatable bonds is 4. The maximum atomic E-state index is 13.1. The van der Waals surface area contributed by atoms with Crippen LogP contribution in [0, 0.1) is 6.92 Å². The Morgan fingerprint density at radius 2 is 1.89 bits per heavy atom. The van der Waals surface area contributed by atoms with Crippen molar-refractivity contribution in [1.82, 2.24) is 14.3 Å². The van der Waals surface area contributed by atoms with Gasteiger partial charge in [0, 0.05) is 19.0 Å². The van der Waals surface area contributed by atoms with Crippen LogP contribution in [0.15, 0.2) is 16.9 Å². The standard InChI is InChI=1S/C21H31N3O2S/c1-13-11-16(14(2)23-27(26)21(3,4)5)18-17(12-13)20(25)24(6)19(22-18)15-9-7-8-10-15/h11-12,14-15,23H,7-10H2,1-6H3/t14-,27-/m1/s1. The highest BCUT2D eigenvalue weighted by Gasteiger charge is 2.26. The maximum absolute atomic E-state index is 13.1. The molecule has 0 radical (unpaired) electrons. The normalized spacial score (nSPS) is 18.1. The molecule has 1 aromatic heterocycles. The van der Waals surface area contributed by atoms with E-state index in [1.165, 1.54) is 12.8 Å². The Hall–Kier alpha value is -1.53. The van der Waals surface area contributed by atoms with Crippen molar-refractivity contribution in [3.8, 4) is 0 Å². The van der Waals surface area contributed by atoms with Crippen LogP contribution < -0.4 is 10.3 Å². The average Bonchev–Trinajstić information content (AvgIpc) is 3.11. The van der Waals surface area contributed by atoms with Crippen molar-refractivity contribution >= 4 is 21.9 Å². The molecule has 0 aliphatic heterocycles. The largest absolute Gasteiger partial charge is 0.299 e. The van der Waals surface area contributed by atoms with Gasteiger partial charge in [-0.25, -0.2) is 13.9 Å². The first-order chi connectivity index (χ1) is 12.6. The third-order valence-electron chi connectivity index (χ3n) is 5.42. The lowest BCUT2D eigenvalue weighted by atomic mass is 10.0. The number of fused-ring (bicyclic) bond motifs is 1. The molecule has 3 rings (SSSR count). The Bertz CT molecular complexity index is 937. The van der Waals surface area contributed by atoms with E-state index in [1.807, 2.05) is 47.7 Å². The molecule has 1 aromatic carbocycles. The van der Waals surface area contributed by atoms with Gasteiger partial charge in [0.05, 0.1) is 26.6 Å². The lowest BCUT2D eigenvalue weighted by Crippen LogP contribution is -2.35. The van der Waals surface area contributed by atoms with Gasteiger partial charge in [0.2, 0.25) is 0 Å². The smallest absolute Gasteiger partial charge is 0.261 e. The minimum absolute atomic E-state index is 0.0102. The van der Waals surface area contributed by atoms with Gasteiger partial charge in [0.25, 0.3) is 5.56 Å². The molecule has 0 spiro atoms. The number of hydrogen-bond acceptors (Lipinski definition) is 3. The summed E-state index contributed by atoms with van der Waals surface area (Å²) in [5, 5.41) is 0.643. The molecule has 2 atom stereocenters. The summed E-state index contributed by atoms with van der Waals surface area (Å²) in [6.45, 7) is 9.82. The molecule has 5 nitrogen and oxygen atoms in total. The van der Waals surface area contributed by atoms with E-state index in [4.69, 9.17) is 4.98 Å². The zero-order chi connectivity index (χ0) is 19.9.